The van der Waals surface area contributed by atoms with Crippen molar-refractivity contribution in [3.8, 4) is 0 Å². The van der Waals surface area contributed by atoms with Gasteiger partial charge in [0.05, 0.1) is 0 Å². The lowest BCUT2D eigenvalue weighted by molar-refractivity contribution is -0.140. The number of nitrogens with two attached hydrogens (primary N) is 1. The van der Waals surface area contributed by atoms with E-state index in [1.54, 1.807) is 0 Å². The molecule has 1 aromatic carbocycles. The second-order valence-corrected chi connectivity index (χ2v) is 3.70. The van der Waals surface area contributed by atoms with Gasteiger partial charge in [-0.25, -0.2) is 4.39 Å². The van der Waals surface area contributed by atoms with Gasteiger partial charge in [-0.05, 0) is 12.1 Å². The number of carbonyl (C=O) groups excluding carboxylic acids is 2. The molecule has 5 nitrogen and oxygen atoms in total. The van der Waals surface area contributed by atoms with Gasteiger partial charge in [0.1, 0.15) is 5.82 Å². The molecule has 1 aliphatic rings. The Balaban J connectivity index is 2.26. The second-order valence-electron chi connectivity index (χ2n) is 3.70. The van der Waals surface area contributed by atoms with Crippen molar-refractivity contribution in [2.75, 3.05) is 0 Å². The maximum absolute atomic E-state index is 13.1. The number of hydrogen-bond donors (Lipinski definition) is 1. The Morgan fingerprint density at radius 2 is 2.22 bits per heavy atom. The number of hydrogen-bond acceptors (Lipinski definition) is 5. The van der Waals surface area contributed by atoms with Crippen molar-refractivity contribution in [1.82, 2.24) is 0 Å². The highest BCUT2D eigenvalue weighted by Crippen LogP contribution is 2.31. The van der Waals surface area contributed by atoms with Crippen LogP contribution in [0.1, 0.15) is 18.6 Å². The van der Waals surface area contributed by atoms with Gasteiger partial charge in [0.15, 0.2) is 6.10 Å². The number of carbonyl (C=O) groups is 2. The van der Waals surface area contributed by atoms with Gasteiger partial charge >= 0.3 is 5.97 Å². The number of benzene rings is 1. The van der Waals surface area contributed by atoms with Crippen molar-refractivity contribution >= 4 is 11.8 Å². The number of ketones is 1. The Morgan fingerprint density at radius 1 is 1.50 bits per heavy atom. The molecule has 1 unspecified atom stereocenters. The highest BCUT2D eigenvalue weighted by molar-refractivity contribution is 6.01. The molecule has 0 saturated heterocycles. The van der Waals surface area contributed by atoms with Crippen LogP contribution in [0.5, 0.6) is 0 Å². The SMILES string of the molecule is CC(=O)OC1=C(N)OC(c2cccc(F)c2)C1=O. The van der Waals surface area contributed by atoms with Crippen molar-refractivity contribution in [3.05, 3.63) is 47.3 Å². The molecule has 0 fully saturated rings. The summed E-state index contributed by atoms with van der Waals surface area (Å²) in [5.74, 6) is -2.39. The average molecular weight is 251 g/mol. The third kappa shape index (κ3) is 2.17. The van der Waals surface area contributed by atoms with E-state index in [-0.39, 0.29) is 11.6 Å². The topological polar surface area (TPSA) is 78.6 Å². The molecule has 2 N–H and O–H groups in total. The van der Waals surface area contributed by atoms with Gasteiger partial charge in [0.25, 0.3) is 0 Å². The Bertz CT molecular complexity index is 553. The van der Waals surface area contributed by atoms with Crippen molar-refractivity contribution in [1.29, 1.82) is 0 Å². The van der Waals surface area contributed by atoms with Crippen LogP contribution in [0, 0.1) is 5.82 Å². The molecule has 0 amide bonds. The number of esters is 1. The zero-order chi connectivity index (χ0) is 13.3. The molecule has 0 saturated carbocycles. The molecule has 1 aliphatic heterocycles. The molecule has 0 radical (unpaired) electrons. The quantitative estimate of drug-likeness (QED) is 0.798. The van der Waals surface area contributed by atoms with E-state index in [0.717, 1.165) is 13.0 Å². The molecule has 1 heterocycles. The fourth-order valence-corrected chi connectivity index (χ4v) is 1.61. The molecule has 1 aromatic rings. The highest BCUT2D eigenvalue weighted by Gasteiger charge is 2.37. The summed E-state index contributed by atoms with van der Waals surface area (Å²) in [6.45, 7) is 1.14. The van der Waals surface area contributed by atoms with Gasteiger partial charge in [0, 0.05) is 12.5 Å². The van der Waals surface area contributed by atoms with Crippen molar-refractivity contribution in [2.24, 2.45) is 5.73 Å². The van der Waals surface area contributed by atoms with E-state index in [1.807, 2.05) is 0 Å². The lowest BCUT2D eigenvalue weighted by Gasteiger charge is -2.09. The van der Waals surface area contributed by atoms with E-state index in [4.69, 9.17) is 10.5 Å². The zero-order valence-electron chi connectivity index (χ0n) is 9.48. The van der Waals surface area contributed by atoms with Crippen molar-refractivity contribution < 1.29 is 23.5 Å². The van der Waals surface area contributed by atoms with Crippen LogP contribution in [0.3, 0.4) is 0 Å². The molecule has 0 aliphatic carbocycles. The van der Waals surface area contributed by atoms with Gasteiger partial charge in [-0.3, -0.25) is 9.59 Å². The molecule has 94 valence electrons. The summed E-state index contributed by atoms with van der Waals surface area (Å²) in [5, 5.41) is 0. The normalized spacial score (nSPS) is 18.8. The fraction of sp³-hybridized carbons (Fsp3) is 0.167. The van der Waals surface area contributed by atoms with E-state index in [1.165, 1.54) is 18.2 Å². The van der Waals surface area contributed by atoms with Gasteiger partial charge in [-0.1, -0.05) is 12.1 Å². The van der Waals surface area contributed by atoms with E-state index < -0.39 is 23.7 Å². The summed E-state index contributed by atoms with van der Waals surface area (Å²) in [5.41, 5.74) is 5.76. The number of rotatable bonds is 2. The third-order valence-electron chi connectivity index (χ3n) is 2.33. The number of Topliss-reactive ketones (excluding diaryl/α,β-unsaturated/α-hetero) is 1. The van der Waals surface area contributed by atoms with Crippen LogP contribution < -0.4 is 5.73 Å². The maximum atomic E-state index is 13.1. The lowest BCUT2D eigenvalue weighted by Crippen LogP contribution is -2.13. The average Bonchev–Trinajstić information content (AvgIpc) is 2.56. The molecule has 0 spiro atoms. The van der Waals surface area contributed by atoms with E-state index in [9.17, 15) is 14.0 Å². The van der Waals surface area contributed by atoms with Crippen LogP contribution in [0.4, 0.5) is 4.39 Å². The first kappa shape index (κ1) is 12.1. The minimum Gasteiger partial charge on any atom is -0.460 e. The van der Waals surface area contributed by atoms with Crippen LogP contribution >= 0.6 is 0 Å². The van der Waals surface area contributed by atoms with Crippen LogP contribution in [-0.2, 0) is 19.1 Å². The molecular weight excluding hydrogens is 241 g/mol. The van der Waals surface area contributed by atoms with Gasteiger partial charge in [0.2, 0.25) is 17.4 Å². The number of halogens is 1. The second kappa shape index (κ2) is 4.48. The predicted molar refractivity (Wildman–Crippen MR) is 58.2 cm³/mol. The van der Waals surface area contributed by atoms with Crippen molar-refractivity contribution in [3.63, 3.8) is 0 Å². The molecule has 0 bridgehead atoms. The standard InChI is InChI=1S/C12H10FNO4/c1-6(15)17-11-9(16)10(18-12(11)14)7-3-2-4-8(13)5-7/h2-5,10H,14H2,1H3. The Kier molecular flexibility index (Phi) is 3.01. The van der Waals surface area contributed by atoms with Crippen molar-refractivity contribution in [2.45, 2.75) is 13.0 Å². The van der Waals surface area contributed by atoms with Gasteiger partial charge in [-0.15, -0.1) is 0 Å². The van der Waals surface area contributed by atoms with Crippen LogP contribution in [0.15, 0.2) is 35.9 Å². The summed E-state index contributed by atoms with van der Waals surface area (Å²) in [6, 6.07) is 5.37. The van der Waals surface area contributed by atoms with Crippen LogP contribution in [0.25, 0.3) is 0 Å². The molecule has 6 heteroatoms. The summed E-state index contributed by atoms with van der Waals surface area (Å²) in [6.07, 6.45) is -1.07. The Hall–Kier alpha value is -2.37. The Labute approximate surface area is 102 Å². The maximum Gasteiger partial charge on any atom is 0.308 e. The highest BCUT2D eigenvalue weighted by atomic mass is 19.1. The molecule has 2 rings (SSSR count). The van der Waals surface area contributed by atoms with E-state index in [0.29, 0.717) is 5.56 Å². The van der Waals surface area contributed by atoms with Gasteiger partial charge < -0.3 is 15.2 Å². The number of ether oxygens (including phenoxy) is 2. The fourth-order valence-electron chi connectivity index (χ4n) is 1.61. The molecule has 0 aromatic heterocycles. The summed E-state index contributed by atoms with van der Waals surface area (Å²) < 4.78 is 22.8. The predicted octanol–water partition coefficient (Wildman–Crippen LogP) is 1.16. The first-order valence-corrected chi connectivity index (χ1v) is 5.13. The molecular formula is C12H10FNO4. The van der Waals surface area contributed by atoms with E-state index >= 15 is 0 Å². The third-order valence-corrected chi connectivity index (χ3v) is 2.33. The monoisotopic (exact) mass is 251 g/mol. The Morgan fingerprint density at radius 3 is 2.83 bits per heavy atom. The largest absolute Gasteiger partial charge is 0.460 e. The smallest absolute Gasteiger partial charge is 0.308 e. The van der Waals surface area contributed by atoms with Crippen LogP contribution in [0.2, 0.25) is 0 Å². The first-order chi connectivity index (χ1) is 8.49. The molecule has 1 atom stereocenters. The first-order valence-electron chi connectivity index (χ1n) is 5.13. The minimum absolute atomic E-state index is 0.274. The summed E-state index contributed by atoms with van der Waals surface area (Å²) in [4.78, 5) is 22.7. The minimum atomic E-state index is -1.07. The zero-order valence-corrected chi connectivity index (χ0v) is 9.48. The van der Waals surface area contributed by atoms with E-state index in [2.05, 4.69) is 4.74 Å². The van der Waals surface area contributed by atoms with Crippen LogP contribution in [-0.4, -0.2) is 11.8 Å². The van der Waals surface area contributed by atoms with Gasteiger partial charge in [-0.2, -0.15) is 0 Å². The summed E-state index contributed by atoms with van der Waals surface area (Å²) in [7, 11) is 0. The lowest BCUT2D eigenvalue weighted by atomic mass is 10.1. The molecule has 18 heavy (non-hydrogen) atoms. The summed E-state index contributed by atoms with van der Waals surface area (Å²) >= 11 is 0.